The number of carbonyl (C=O) groups excluding carboxylic acids is 1. The van der Waals surface area contributed by atoms with Crippen molar-refractivity contribution in [3.05, 3.63) is 48.4 Å². The Morgan fingerprint density at radius 1 is 1.26 bits per heavy atom. The number of nitriles is 1. The average molecular weight is 363 g/mol. The molecule has 1 amide bonds. The quantitative estimate of drug-likeness (QED) is 0.796. The molecule has 1 fully saturated rings. The second-order valence-corrected chi connectivity index (χ2v) is 6.92. The summed E-state index contributed by atoms with van der Waals surface area (Å²) < 4.78 is 0. The number of benzene rings is 1. The molecule has 27 heavy (non-hydrogen) atoms. The first-order chi connectivity index (χ1) is 13.2. The van der Waals surface area contributed by atoms with Crippen LogP contribution in [0.25, 0.3) is 11.3 Å². The van der Waals surface area contributed by atoms with Crippen LogP contribution in [0.2, 0.25) is 0 Å². The highest BCUT2D eigenvalue weighted by Gasteiger charge is 2.28. The summed E-state index contributed by atoms with van der Waals surface area (Å²) in [6.45, 7) is 1.35. The third-order valence-corrected chi connectivity index (χ3v) is 5.04. The van der Waals surface area contributed by atoms with Crippen LogP contribution in [0.1, 0.15) is 43.8 Å². The van der Waals surface area contributed by atoms with Gasteiger partial charge in [-0.05, 0) is 31.7 Å². The van der Waals surface area contributed by atoms with Crippen molar-refractivity contribution in [2.24, 2.45) is 5.73 Å². The molecule has 2 aromatic rings. The number of hydrogen-bond acceptors (Lipinski definition) is 5. The Bertz CT molecular complexity index is 794. The van der Waals surface area contributed by atoms with E-state index >= 15 is 0 Å². The third-order valence-electron chi connectivity index (χ3n) is 5.04. The van der Waals surface area contributed by atoms with Gasteiger partial charge in [0.25, 0.3) is 0 Å². The van der Waals surface area contributed by atoms with E-state index in [0.717, 1.165) is 29.9 Å². The van der Waals surface area contributed by atoms with Crippen molar-refractivity contribution in [2.75, 3.05) is 13.1 Å². The van der Waals surface area contributed by atoms with E-state index in [-0.39, 0.29) is 11.8 Å². The Morgan fingerprint density at radius 2 is 2.00 bits per heavy atom. The maximum Gasteiger partial charge on any atom is 0.239 e. The average Bonchev–Trinajstić information content (AvgIpc) is 2.74. The lowest BCUT2D eigenvalue weighted by atomic mass is 9.95. The highest BCUT2D eigenvalue weighted by atomic mass is 16.2. The number of likely N-dealkylation sites (tertiary alicyclic amines) is 1. The standard InChI is InChI=1S/C21H25N5O/c22-12-5-4-8-18(23)21(27)26-14-10-17(11-15-26)20-24-13-9-19(25-20)16-6-2-1-3-7-16/h1-3,6-7,9,13,17-18H,4-5,8,10-11,14-15,23H2. The Hall–Kier alpha value is -2.78. The predicted octanol–water partition coefficient (Wildman–Crippen LogP) is 2.87. The minimum Gasteiger partial charge on any atom is -0.341 e. The molecule has 1 aliphatic rings. The monoisotopic (exact) mass is 363 g/mol. The summed E-state index contributed by atoms with van der Waals surface area (Å²) in [5.41, 5.74) is 8.00. The summed E-state index contributed by atoms with van der Waals surface area (Å²) >= 11 is 0. The molecule has 0 bridgehead atoms. The predicted molar refractivity (Wildman–Crippen MR) is 103 cm³/mol. The van der Waals surface area contributed by atoms with Crippen LogP contribution in [0.15, 0.2) is 42.6 Å². The van der Waals surface area contributed by atoms with E-state index in [9.17, 15) is 4.79 Å². The largest absolute Gasteiger partial charge is 0.341 e. The molecule has 6 heteroatoms. The minimum atomic E-state index is -0.507. The number of hydrogen-bond donors (Lipinski definition) is 1. The molecular formula is C21H25N5O. The number of nitrogens with two attached hydrogens (primary N) is 1. The molecule has 1 aliphatic heterocycles. The van der Waals surface area contributed by atoms with Crippen molar-refractivity contribution < 1.29 is 4.79 Å². The topological polar surface area (TPSA) is 95.9 Å². The molecule has 140 valence electrons. The number of carbonyl (C=O) groups is 1. The third kappa shape index (κ3) is 4.89. The van der Waals surface area contributed by atoms with Gasteiger partial charge in [0.2, 0.25) is 5.91 Å². The van der Waals surface area contributed by atoms with Crippen LogP contribution in [-0.4, -0.2) is 39.9 Å². The Morgan fingerprint density at radius 3 is 2.70 bits per heavy atom. The van der Waals surface area contributed by atoms with Crippen molar-refractivity contribution in [3.63, 3.8) is 0 Å². The van der Waals surface area contributed by atoms with Gasteiger partial charge >= 0.3 is 0 Å². The van der Waals surface area contributed by atoms with E-state index in [1.165, 1.54) is 0 Å². The van der Waals surface area contributed by atoms with E-state index < -0.39 is 6.04 Å². The fourth-order valence-electron chi connectivity index (χ4n) is 3.46. The van der Waals surface area contributed by atoms with Gasteiger partial charge in [0.05, 0.1) is 17.8 Å². The summed E-state index contributed by atoms with van der Waals surface area (Å²) in [4.78, 5) is 23.5. The van der Waals surface area contributed by atoms with Gasteiger partial charge in [0.1, 0.15) is 5.82 Å². The SMILES string of the molecule is N#CCCCC(N)C(=O)N1CCC(c2nccc(-c3ccccc3)n2)CC1. The molecule has 0 aliphatic carbocycles. The Kier molecular flexibility index (Phi) is 6.50. The highest BCUT2D eigenvalue weighted by Crippen LogP contribution is 2.27. The molecule has 0 radical (unpaired) electrons. The van der Waals surface area contributed by atoms with Crippen LogP contribution in [0.4, 0.5) is 0 Å². The van der Waals surface area contributed by atoms with E-state index in [4.69, 9.17) is 16.0 Å². The maximum absolute atomic E-state index is 12.5. The van der Waals surface area contributed by atoms with Crippen molar-refractivity contribution in [2.45, 2.75) is 44.1 Å². The summed E-state index contributed by atoms with van der Waals surface area (Å²) in [5.74, 6) is 1.10. The first kappa shape index (κ1) is 19.0. The van der Waals surface area contributed by atoms with Gasteiger partial charge < -0.3 is 10.6 Å². The Labute approximate surface area is 160 Å². The second kappa shape index (κ2) is 9.24. The van der Waals surface area contributed by atoms with Gasteiger partial charge in [0, 0.05) is 37.2 Å². The molecule has 2 N–H and O–H groups in total. The number of piperidine rings is 1. The lowest BCUT2D eigenvalue weighted by molar-refractivity contribution is -0.133. The molecule has 0 saturated carbocycles. The van der Waals surface area contributed by atoms with Crippen molar-refractivity contribution >= 4 is 5.91 Å². The van der Waals surface area contributed by atoms with E-state index in [1.807, 2.05) is 47.5 Å². The minimum absolute atomic E-state index is 0.00894. The normalized spacial score (nSPS) is 15.9. The van der Waals surface area contributed by atoms with Crippen LogP contribution < -0.4 is 5.73 Å². The van der Waals surface area contributed by atoms with Gasteiger partial charge in [-0.25, -0.2) is 9.97 Å². The second-order valence-electron chi connectivity index (χ2n) is 6.92. The zero-order chi connectivity index (χ0) is 19.1. The fourth-order valence-corrected chi connectivity index (χ4v) is 3.46. The first-order valence-electron chi connectivity index (χ1n) is 9.48. The molecule has 6 nitrogen and oxygen atoms in total. The van der Waals surface area contributed by atoms with Crippen molar-refractivity contribution in [1.29, 1.82) is 5.26 Å². The molecule has 1 saturated heterocycles. The smallest absolute Gasteiger partial charge is 0.239 e. The number of nitrogens with zero attached hydrogens (tertiary/aromatic N) is 4. The molecule has 1 unspecified atom stereocenters. The zero-order valence-electron chi connectivity index (χ0n) is 15.4. The number of unbranched alkanes of at least 4 members (excludes halogenated alkanes) is 1. The molecule has 1 aromatic heterocycles. The number of rotatable bonds is 6. The van der Waals surface area contributed by atoms with Gasteiger partial charge in [-0.2, -0.15) is 5.26 Å². The van der Waals surface area contributed by atoms with Gasteiger partial charge in [-0.1, -0.05) is 30.3 Å². The van der Waals surface area contributed by atoms with Crippen LogP contribution >= 0.6 is 0 Å². The molecule has 1 aromatic carbocycles. The van der Waals surface area contributed by atoms with Gasteiger partial charge in [-0.15, -0.1) is 0 Å². The summed E-state index contributed by atoms with van der Waals surface area (Å²) in [6.07, 6.45) is 5.17. The molecule has 3 rings (SSSR count). The molecule has 0 spiro atoms. The van der Waals surface area contributed by atoms with Crippen LogP contribution in [0.3, 0.4) is 0 Å². The van der Waals surface area contributed by atoms with E-state index in [1.54, 1.807) is 0 Å². The van der Waals surface area contributed by atoms with E-state index in [2.05, 4.69) is 11.1 Å². The Balaban J connectivity index is 1.58. The zero-order valence-corrected chi connectivity index (χ0v) is 15.4. The van der Waals surface area contributed by atoms with Crippen LogP contribution in [-0.2, 0) is 4.79 Å². The van der Waals surface area contributed by atoms with Crippen molar-refractivity contribution in [1.82, 2.24) is 14.9 Å². The fraction of sp³-hybridized carbons (Fsp3) is 0.429. The summed E-state index contributed by atoms with van der Waals surface area (Å²) in [7, 11) is 0. The lowest BCUT2D eigenvalue weighted by Gasteiger charge is -2.33. The summed E-state index contributed by atoms with van der Waals surface area (Å²) in [6, 6.07) is 13.6. The molecule has 1 atom stereocenters. The molecular weight excluding hydrogens is 338 g/mol. The van der Waals surface area contributed by atoms with E-state index in [0.29, 0.717) is 32.4 Å². The maximum atomic E-state index is 12.5. The highest BCUT2D eigenvalue weighted by molar-refractivity contribution is 5.81. The van der Waals surface area contributed by atoms with Gasteiger partial charge in [-0.3, -0.25) is 4.79 Å². The summed E-state index contributed by atoms with van der Waals surface area (Å²) in [5, 5.41) is 8.60. The lowest BCUT2D eigenvalue weighted by Crippen LogP contribution is -2.47. The van der Waals surface area contributed by atoms with Crippen LogP contribution in [0.5, 0.6) is 0 Å². The van der Waals surface area contributed by atoms with Crippen molar-refractivity contribution in [3.8, 4) is 17.3 Å². The van der Waals surface area contributed by atoms with Gasteiger partial charge in [0.15, 0.2) is 0 Å². The number of amides is 1. The molecule has 2 heterocycles. The number of aromatic nitrogens is 2. The van der Waals surface area contributed by atoms with Crippen LogP contribution in [0, 0.1) is 11.3 Å². The first-order valence-corrected chi connectivity index (χ1v) is 9.48.